The van der Waals surface area contributed by atoms with Gasteiger partial charge in [-0.1, -0.05) is 30.3 Å². The monoisotopic (exact) mass is 509 g/mol. The molecule has 2 N–H and O–H groups in total. The molecule has 0 saturated heterocycles. The molecule has 1 aliphatic carbocycles. The summed E-state index contributed by atoms with van der Waals surface area (Å²) in [5, 5.41) is 6.49. The predicted molar refractivity (Wildman–Crippen MR) is 142 cm³/mol. The number of amides is 2. The number of anilines is 2. The highest BCUT2D eigenvalue weighted by atomic mass is 16.5. The van der Waals surface area contributed by atoms with Gasteiger partial charge in [0.1, 0.15) is 17.3 Å². The highest BCUT2D eigenvalue weighted by Gasteiger charge is 2.43. The van der Waals surface area contributed by atoms with E-state index >= 15 is 0 Å². The van der Waals surface area contributed by atoms with Crippen LogP contribution in [0.5, 0.6) is 5.75 Å². The summed E-state index contributed by atoms with van der Waals surface area (Å²) in [5.41, 5.74) is 3.42. The van der Waals surface area contributed by atoms with Crippen LogP contribution in [0.25, 0.3) is 0 Å². The largest absolute Gasteiger partial charge is 0.496 e. The average Bonchev–Trinajstić information content (AvgIpc) is 3.64. The lowest BCUT2D eigenvalue weighted by molar-refractivity contribution is -0.116. The molecule has 6 rings (SSSR count). The van der Waals surface area contributed by atoms with Gasteiger partial charge in [-0.15, -0.1) is 0 Å². The van der Waals surface area contributed by atoms with Gasteiger partial charge < -0.3 is 24.2 Å². The lowest BCUT2D eigenvalue weighted by Crippen LogP contribution is -2.44. The molecule has 192 valence electrons. The maximum Gasteiger partial charge on any atom is 0.323 e. The second-order valence-electron chi connectivity index (χ2n) is 9.33. The van der Waals surface area contributed by atoms with E-state index in [1.165, 1.54) is 0 Å². The fourth-order valence-electron chi connectivity index (χ4n) is 5.39. The average molecular weight is 510 g/mol. The summed E-state index contributed by atoms with van der Waals surface area (Å²) >= 11 is 0. The third-order valence-corrected chi connectivity index (χ3v) is 7.08. The van der Waals surface area contributed by atoms with Gasteiger partial charge >= 0.3 is 6.03 Å². The Morgan fingerprint density at radius 2 is 1.79 bits per heavy atom. The predicted octanol–water partition coefficient (Wildman–Crippen LogP) is 6.17. The summed E-state index contributed by atoms with van der Waals surface area (Å²) in [6, 6.07) is 21.3. The Labute approximate surface area is 219 Å². The molecule has 0 bridgehead atoms. The molecule has 0 radical (unpaired) electrons. The third-order valence-electron chi connectivity index (χ3n) is 7.08. The van der Waals surface area contributed by atoms with Crippen molar-refractivity contribution in [1.82, 2.24) is 5.32 Å². The van der Waals surface area contributed by atoms with E-state index in [1.54, 1.807) is 36.7 Å². The van der Waals surface area contributed by atoms with Crippen LogP contribution in [0.3, 0.4) is 0 Å². The van der Waals surface area contributed by atoms with Gasteiger partial charge in [0.25, 0.3) is 0 Å². The van der Waals surface area contributed by atoms with Gasteiger partial charge in [0, 0.05) is 29.2 Å². The van der Waals surface area contributed by atoms with Gasteiger partial charge in [-0.25, -0.2) is 4.79 Å². The van der Waals surface area contributed by atoms with Crippen LogP contribution in [0.2, 0.25) is 0 Å². The fourth-order valence-corrected chi connectivity index (χ4v) is 5.39. The number of rotatable bonds is 5. The molecule has 1 aliphatic heterocycles. The second kappa shape index (κ2) is 9.97. The Hall–Kier alpha value is -4.72. The normalized spacial score (nSPS) is 18.8. The van der Waals surface area contributed by atoms with Crippen molar-refractivity contribution in [3.8, 4) is 5.75 Å². The number of nitrogens with one attached hydrogen (secondary N) is 2. The topological polar surface area (TPSA) is 97.0 Å². The minimum absolute atomic E-state index is 0.0484. The van der Waals surface area contributed by atoms with Crippen LogP contribution in [0.1, 0.15) is 41.9 Å². The number of carbonyl (C=O) groups excluding carboxylic acids is 2. The van der Waals surface area contributed by atoms with Gasteiger partial charge in [0.2, 0.25) is 0 Å². The minimum Gasteiger partial charge on any atom is -0.496 e. The van der Waals surface area contributed by atoms with Gasteiger partial charge in [-0.3, -0.25) is 9.69 Å². The maximum absolute atomic E-state index is 14.0. The lowest BCUT2D eigenvalue weighted by atomic mass is 9.80. The number of benzene rings is 2. The number of hydrogen-bond donors (Lipinski definition) is 2. The Morgan fingerprint density at radius 3 is 2.58 bits per heavy atom. The van der Waals surface area contributed by atoms with Crippen molar-refractivity contribution in [3.63, 3.8) is 0 Å². The molecule has 8 nitrogen and oxygen atoms in total. The number of ketones is 1. The number of Topliss-reactive ketones (excluding diaryl/α,β-unsaturated/α-hetero) is 1. The number of hydrogen-bond acceptors (Lipinski definition) is 6. The molecular formula is C30H27N3O5. The summed E-state index contributed by atoms with van der Waals surface area (Å²) in [4.78, 5) is 29.6. The van der Waals surface area contributed by atoms with Crippen LogP contribution in [-0.2, 0) is 11.3 Å². The van der Waals surface area contributed by atoms with Crippen molar-refractivity contribution < 1.29 is 23.2 Å². The summed E-state index contributed by atoms with van der Waals surface area (Å²) in [6.45, 7) is 0.205. The van der Waals surface area contributed by atoms with E-state index < -0.39 is 6.04 Å². The number of carbonyl (C=O) groups is 2. The van der Waals surface area contributed by atoms with E-state index in [1.807, 2.05) is 60.7 Å². The first kappa shape index (κ1) is 23.7. The van der Waals surface area contributed by atoms with Crippen molar-refractivity contribution in [1.29, 1.82) is 0 Å². The third kappa shape index (κ3) is 4.24. The molecule has 8 heteroatoms. The summed E-state index contributed by atoms with van der Waals surface area (Å²) in [5.74, 6) is 1.84. The van der Waals surface area contributed by atoms with Gasteiger partial charge in [0.05, 0.1) is 43.6 Å². The standard InChI is InChI=1S/C30H27N3O5/c1-36-27-12-5-2-9-21(27)29-28-23(16-19(17-25(28)34)26-13-7-15-38-26)32-22-10-3-4-11-24(22)33(29)30(35)31-18-20-8-6-14-37-20/h2-15,19,29,32H,16-18H2,1H3,(H,31,35)/t19-,29+/m1/s1. The van der Waals surface area contributed by atoms with Crippen LogP contribution in [0.4, 0.5) is 16.2 Å². The fraction of sp³-hybridized carbons (Fsp3) is 0.200. The number of fused-ring (bicyclic) bond motifs is 1. The van der Waals surface area contributed by atoms with E-state index in [-0.39, 0.29) is 30.7 Å². The zero-order valence-electron chi connectivity index (χ0n) is 20.8. The van der Waals surface area contributed by atoms with Crippen LogP contribution in [0.15, 0.2) is 105 Å². The molecule has 38 heavy (non-hydrogen) atoms. The number of furan rings is 2. The number of methoxy groups -OCH3 is 1. The minimum atomic E-state index is -0.723. The number of nitrogens with zero attached hydrogens (tertiary/aromatic N) is 1. The Morgan fingerprint density at radius 1 is 1.00 bits per heavy atom. The SMILES string of the molecule is COc1ccccc1[C@H]1C2=C(C[C@@H](c3ccco3)CC2=O)Nc2ccccc2N1C(=O)NCc1ccco1. The zero-order valence-corrected chi connectivity index (χ0v) is 20.8. The zero-order chi connectivity index (χ0) is 26.1. The molecule has 2 amide bonds. The lowest BCUT2D eigenvalue weighted by Gasteiger charge is -2.35. The van der Waals surface area contributed by atoms with Crippen molar-refractivity contribution in [2.24, 2.45) is 0 Å². The van der Waals surface area contributed by atoms with Crippen LogP contribution in [0, 0.1) is 0 Å². The molecular weight excluding hydrogens is 482 g/mol. The molecule has 3 heterocycles. The maximum atomic E-state index is 14.0. The number of para-hydroxylation sites is 3. The Kier molecular flexibility index (Phi) is 6.21. The van der Waals surface area contributed by atoms with E-state index in [2.05, 4.69) is 10.6 Å². The summed E-state index contributed by atoms with van der Waals surface area (Å²) < 4.78 is 16.8. The van der Waals surface area contributed by atoms with E-state index in [9.17, 15) is 9.59 Å². The molecule has 0 unspecified atom stereocenters. The van der Waals surface area contributed by atoms with Crippen LogP contribution < -0.4 is 20.3 Å². The van der Waals surface area contributed by atoms with Crippen LogP contribution in [-0.4, -0.2) is 18.9 Å². The molecule has 4 aromatic rings. The molecule has 0 spiro atoms. The highest BCUT2D eigenvalue weighted by molar-refractivity contribution is 6.06. The molecule has 0 saturated carbocycles. The molecule has 2 aromatic carbocycles. The van der Waals surface area contributed by atoms with Crippen LogP contribution >= 0.6 is 0 Å². The second-order valence-corrected chi connectivity index (χ2v) is 9.33. The molecule has 2 aliphatic rings. The van der Waals surface area contributed by atoms with Gasteiger partial charge in [-0.2, -0.15) is 0 Å². The van der Waals surface area contributed by atoms with E-state index in [0.717, 1.165) is 22.7 Å². The Balaban J connectivity index is 1.51. The highest BCUT2D eigenvalue weighted by Crippen LogP contribution is 2.48. The first-order valence-corrected chi connectivity index (χ1v) is 12.5. The smallest absolute Gasteiger partial charge is 0.323 e. The van der Waals surface area contributed by atoms with Crippen molar-refractivity contribution in [2.45, 2.75) is 31.3 Å². The Bertz CT molecular complexity index is 1490. The molecule has 0 fully saturated rings. The number of urea groups is 1. The van der Waals surface area contributed by atoms with Gasteiger partial charge in [0.15, 0.2) is 5.78 Å². The van der Waals surface area contributed by atoms with Crippen molar-refractivity contribution in [3.05, 3.63) is 114 Å². The summed E-state index contributed by atoms with van der Waals surface area (Å²) in [6.07, 6.45) is 4.04. The van der Waals surface area contributed by atoms with Gasteiger partial charge in [-0.05, 0) is 48.9 Å². The number of ether oxygens (including phenoxy) is 1. The van der Waals surface area contributed by atoms with Crippen molar-refractivity contribution in [2.75, 3.05) is 17.3 Å². The first-order chi connectivity index (χ1) is 18.6. The quantitative estimate of drug-likeness (QED) is 0.334. The molecule has 2 aromatic heterocycles. The molecule has 2 atom stereocenters. The van der Waals surface area contributed by atoms with E-state index in [0.29, 0.717) is 29.2 Å². The number of allylic oxidation sites excluding steroid dienone is 1. The first-order valence-electron chi connectivity index (χ1n) is 12.5. The van der Waals surface area contributed by atoms with E-state index in [4.69, 9.17) is 13.6 Å². The van der Waals surface area contributed by atoms with Crippen molar-refractivity contribution >= 4 is 23.2 Å². The summed E-state index contributed by atoms with van der Waals surface area (Å²) in [7, 11) is 1.59.